The number of hydrogen-bond donors (Lipinski definition) is 0. The second-order valence-electron chi connectivity index (χ2n) is 7.98. The molecule has 0 aliphatic carbocycles. The van der Waals surface area contributed by atoms with E-state index >= 15 is 0 Å². The molecule has 2 aromatic rings. The smallest absolute Gasteiger partial charge is 0.244 e. The van der Waals surface area contributed by atoms with Gasteiger partial charge in [0.15, 0.2) is 0 Å². The number of anilines is 1. The average Bonchev–Trinajstić information content (AvgIpc) is 2.74. The van der Waals surface area contributed by atoms with Crippen LogP contribution in [0.25, 0.3) is 0 Å². The summed E-state index contributed by atoms with van der Waals surface area (Å²) in [7, 11) is -3.75. The zero-order chi connectivity index (χ0) is 21.5. The quantitative estimate of drug-likeness (QED) is 0.659. The Morgan fingerprint density at radius 3 is 2.50 bits per heavy atom. The monoisotopic (exact) mass is 466 g/mol. The van der Waals surface area contributed by atoms with Crippen molar-refractivity contribution < 1.29 is 13.2 Å². The van der Waals surface area contributed by atoms with Crippen molar-refractivity contribution in [3.8, 4) is 0 Å². The van der Waals surface area contributed by atoms with Gasteiger partial charge in [-0.15, -0.1) is 0 Å². The van der Waals surface area contributed by atoms with Crippen LogP contribution in [0.2, 0.25) is 10.0 Å². The molecule has 8 heteroatoms. The van der Waals surface area contributed by atoms with Crippen LogP contribution < -0.4 is 4.90 Å². The summed E-state index contributed by atoms with van der Waals surface area (Å²) < 4.78 is 27.4. The first kappa shape index (κ1) is 21.6. The van der Waals surface area contributed by atoms with Gasteiger partial charge in [-0.25, -0.2) is 8.42 Å². The molecule has 2 heterocycles. The van der Waals surface area contributed by atoms with Gasteiger partial charge in [-0.1, -0.05) is 40.9 Å². The lowest BCUT2D eigenvalue weighted by Crippen LogP contribution is -2.45. The van der Waals surface area contributed by atoms with E-state index in [1.165, 1.54) is 27.6 Å². The number of nitrogens with zero attached hydrogens (tertiary/aromatic N) is 2. The van der Waals surface area contributed by atoms with Crippen LogP contribution in [0.1, 0.15) is 30.4 Å². The second kappa shape index (κ2) is 8.50. The molecule has 1 amide bonds. The van der Waals surface area contributed by atoms with Crippen LogP contribution in [0.5, 0.6) is 0 Å². The Balaban J connectivity index is 1.48. The second-order valence-corrected chi connectivity index (χ2v) is 10.7. The van der Waals surface area contributed by atoms with Gasteiger partial charge in [0.25, 0.3) is 0 Å². The molecule has 4 rings (SSSR count). The number of sulfonamides is 1. The van der Waals surface area contributed by atoms with Crippen molar-refractivity contribution in [2.75, 3.05) is 24.5 Å². The summed E-state index contributed by atoms with van der Waals surface area (Å²) in [5.74, 6) is -0.0869. The third kappa shape index (κ3) is 4.11. The molecule has 30 heavy (non-hydrogen) atoms. The molecule has 2 aliphatic heterocycles. The number of carbonyl (C=O) groups is 1. The Hall–Kier alpha value is -1.60. The third-order valence-electron chi connectivity index (χ3n) is 5.93. The number of carbonyl (C=O) groups excluding carboxylic acids is 1. The maximum absolute atomic E-state index is 13.2. The number of benzene rings is 2. The van der Waals surface area contributed by atoms with Gasteiger partial charge in [0.2, 0.25) is 15.9 Å². The van der Waals surface area contributed by atoms with Crippen LogP contribution in [-0.2, 0) is 21.2 Å². The van der Waals surface area contributed by atoms with Gasteiger partial charge in [0, 0.05) is 36.3 Å². The van der Waals surface area contributed by atoms with Crippen LogP contribution >= 0.6 is 23.2 Å². The van der Waals surface area contributed by atoms with Crippen molar-refractivity contribution in [1.82, 2.24) is 4.31 Å². The highest BCUT2D eigenvalue weighted by molar-refractivity contribution is 7.89. The van der Waals surface area contributed by atoms with Crippen molar-refractivity contribution >= 4 is 44.8 Å². The maximum atomic E-state index is 13.2. The molecule has 0 atom stereocenters. The number of aryl methyl sites for hydroxylation is 2. The van der Waals surface area contributed by atoms with Crippen molar-refractivity contribution in [3.05, 3.63) is 57.6 Å². The zero-order valence-electron chi connectivity index (χ0n) is 16.8. The van der Waals surface area contributed by atoms with E-state index in [0.717, 1.165) is 18.5 Å². The van der Waals surface area contributed by atoms with Crippen LogP contribution in [-0.4, -0.2) is 38.3 Å². The minimum atomic E-state index is -3.75. The van der Waals surface area contributed by atoms with Gasteiger partial charge in [0.05, 0.1) is 5.02 Å². The van der Waals surface area contributed by atoms with Crippen molar-refractivity contribution in [3.63, 3.8) is 0 Å². The predicted octanol–water partition coefficient (Wildman–Crippen LogP) is 4.68. The molecule has 160 valence electrons. The summed E-state index contributed by atoms with van der Waals surface area (Å²) in [6.07, 6.45) is 2.92. The normalized spacial score (nSPS) is 18.3. The number of fused-ring (bicyclic) bond motifs is 1. The Kier molecular flexibility index (Phi) is 6.13. The first-order valence-corrected chi connectivity index (χ1v) is 12.3. The summed E-state index contributed by atoms with van der Waals surface area (Å²) in [6, 6.07) is 10.6. The summed E-state index contributed by atoms with van der Waals surface area (Å²) in [6.45, 7) is 3.35. The van der Waals surface area contributed by atoms with Gasteiger partial charge < -0.3 is 4.90 Å². The highest BCUT2D eigenvalue weighted by atomic mass is 35.5. The Morgan fingerprint density at radius 1 is 1.03 bits per heavy atom. The highest BCUT2D eigenvalue weighted by Crippen LogP contribution is 2.33. The fourth-order valence-corrected chi connectivity index (χ4v) is 6.54. The van der Waals surface area contributed by atoms with Crippen molar-refractivity contribution in [2.24, 2.45) is 5.92 Å². The van der Waals surface area contributed by atoms with E-state index in [2.05, 4.69) is 13.0 Å². The fourth-order valence-electron chi connectivity index (χ4n) is 4.33. The molecule has 1 saturated heterocycles. The predicted molar refractivity (Wildman–Crippen MR) is 120 cm³/mol. The molecule has 1 fully saturated rings. The number of piperidine rings is 1. The molecular weight excluding hydrogens is 443 g/mol. The van der Waals surface area contributed by atoms with Crippen molar-refractivity contribution in [1.29, 1.82) is 0 Å². The Morgan fingerprint density at radius 2 is 1.77 bits per heavy atom. The average molecular weight is 467 g/mol. The Bertz CT molecular complexity index is 1080. The molecular formula is C22H24Cl2N2O3S. The molecule has 0 radical (unpaired) electrons. The highest BCUT2D eigenvalue weighted by Gasteiger charge is 2.36. The van der Waals surface area contributed by atoms with Crippen molar-refractivity contribution in [2.45, 2.75) is 37.5 Å². The van der Waals surface area contributed by atoms with Gasteiger partial charge in [-0.3, -0.25) is 4.79 Å². The summed E-state index contributed by atoms with van der Waals surface area (Å²) >= 11 is 12.1. The van der Waals surface area contributed by atoms with E-state index < -0.39 is 10.0 Å². The third-order valence-corrected chi connectivity index (χ3v) is 8.55. The van der Waals surface area contributed by atoms with E-state index in [9.17, 15) is 13.2 Å². The SMILES string of the molecule is Cc1ccc2c(c1)CCCN2C(=O)C1CCN(S(=O)(=O)c2cc(Cl)ccc2Cl)CC1. The fraction of sp³-hybridized carbons (Fsp3) is 0.409. The first-order valence-electron chi connectivity index (χ1n) is 10.1. The molecule has 0 spiro atoms. The van der Waals surface area contributed by atoms with Gasteiger partial charge >= 0.3 is 0 Å². The molecule has 2 aliphatic rings. The van der Waals surface area contributed by atoms with Gasteiger partial charge in [0.1, 0.15) is 4.90 Å². The molecule has 0 aromatic heterocycles. The molecule has 0 bridgehead atoms. The lowest BCUT2D eigenvalue weighted by Gasteiger charge is -2.36. The lowest BCUT2D eigenvalue weighted by molar-refractivity contribution is -0.123. The van der Waals surface area contributed by atoms with Gasteiger partial charge in [-0.05, 0) is 62.4 Å². The van der Waals surface area contributed by atoms with E-state index in [1.54, 1.807) is 6.07 Å². The van der Waals surface area contributed by atoms with E-state index in [0.29, 0.717) is 24.4 Å². The van der Waals surface area contributed by atoms with Crippen LogP contribution in [0.15, 0.2) is 41.3 Å². The van der Waals surface area contributed by atoms with E-state index in [-0.39, 0.29) is 34.8 Å². The minimum absolute atomic E-state index is 0.0155. The molecule has 5 nitrogen and oxygen atoms in total. The molecule has 0 saturated carbocycles. The number of rotatable bonds is 3. The lowest BCUT2D eigenvalue weighted by atomic mass is 9.93. The molecule has 2 aromatic carbocycles. The molecule has 0 N–H and O–H groups in total. The van der Waals surface area contributed by atoms with E-state index in [4.69, 9.17) is 23.2 Å². The van der Waals surface area contributed by atoms with Crippen LogP contribution in [0, 0.1) is 12.8 Å². The summed E-state index contributed by atoms with van der Waals surface area (Å²) in [4.78, 5) is 15.2. The maximum Gasteiger partial charge on any atom is 0.244 e. The zero-order valence-corrected chi connectivity index (χ0v) is 19.1. The summed E-state index contributed by atoms with van der Waals surface area (Å²) in [5.41, 5.74) is 3.41. The first-order chi connectivity index (χ1) is 14.3. The van der Waals surface area contributed by atoms with Gasteiger partial charge in [-0.2, -0.15) is 4.31 Å². The van der Waals surface area contributed by atoms with Crippen LogP contribution in [0.3, 0.4) is 0 Å². The topological polar surface area (TPSA) is 57.7 Å². The number of hydrogen-bond acceptors (Lipinski definition) is 3. The summed E-state index contributed by atoms with van der Waals surface area (Å²) in [5, 5.41) is 0.472. The number of amides is 1. The Labute approximate surface area is 187 Å². The standard InChI is InChI=1S/C22H24Cl2N2O3S/c1-15-4-7-20-17(13-15)3-2-10-26(20)22(27)16-8-11-25(12-9-16)30(28,29)21-14-18(23)5-6-19(21)24/h4-7,13-14,16H,2-3,8-12H2,1H3. The van der Waals surface area contributed by atoms with Crippen LogP contribution in [0.4, 0.5) is 5.69 Å². The molecule has 0 unspecified atom stereocenters. The van der Waals surface area contributed by atoms with E-state index in [1.807, 2.05) is 17.0 Å². The minimum Gasteiger partial charge on any atom is -0.312 e. The number of halogens is 2. The largest absolute Gasteiger partial charge is 0.312 e.